The smallest absolute Gasteiger partial charge is 0.310 e. The van der Waals surface area contributed by atoms with Crippen LogP contribution < -0.4 is 0 Å². The van der Waals surface area contributed by atoms with Gasteiger partial charge in [0.25, 0.3) is 0 Å². The van der Waals surface area contributed by atoms with Crippen molar-refractivity contribution in [3.8, 4) is 0 Å². The van der Waals surface area contributed by atoms with Gasteiger partial charge in [-0.3, -0.25) is 9.59 Å². The normalized spacial score (nSPS) is 10.6. The van der Waals surface area contributed by atoms with Gasteiger partial charge in [0.1, 0.15) is 0 Å². The number of carboxylic acid groups (broad SMARTS) is 1. The maximum atomic E-state index is 10.8. The van der Waals surface area contributed by atoms with Gasteiger partial charge in [0.15, 0.2) is 0 Å². The number of hydrogen-bond donors (Lipinski definition) is 1. The highest BCUT2D eigenvalue weighted by Crippen LogP contribution is 2.05. The summed E-state index contributed by atoms with van der Waals surface area (Å²) >= 11 is 0. The zero-order valence-corrected chi connectivity index (χ0v) is 12.1. The van der Waals surface area contributed by atoms with Crippen LogP contribution in [0.1, 0.15) is 52.4 Å². The Kier molecular flexibility index (Phi) is 15.1. The van der Waals surface area contributed by atoms with E-state index in [1.54, 1.807) is 6.92 Å². The lowest BCUT2D eigenvalue weighted by Gasteiger charge is -1.98. The summed E-state index contributed by atoms with van der Waals surface area (Å²) in [6.07, 6.45) is 8.88. The Balaban J connectivity index is 0. The minimum Gasteiger partial charge on any atom is -0.481 e. The molecule has 110 valence electrons. The molecule has 0 aliphatic heterocycles. The molecule has 0 spiro atoms. The molecular weight excluding hydrogens is 244 g/mol. The Hall–Kier alpha value is -1.58. The van der Waals surface area contributed by atoms with Gasteiger partial charge in [0.2, 0.25) is 0 Å². The fourth-order valence-corrected chi connectivity index (χ4v) is 1.13. The number of aliphatic carboxylic acids is 1. The van der Waals surface area contributed by atoms with E-state index < -0.39 is 11.9 Å². The SMILES string of the molecule is C=CC(C)C(=O)O.C=COC(=O)CCCCCCC. The van der Waals surface area contributed by atoms with E-state index in [0.717, 1.165) is 12.8 Å². The van der Waals surface area contributed by atoms with Crippen LogP contribution in [0.2, 0.25) is 0 Å². The van der Waals surface area contributed by atoms with Gasteiger partial charge in [0.05, 0.1) is 12.2 Å². The molecule has 0 fully saturated rings. The number of unbranched alkanes of at least 4 members (excludes halogenated alkanes) is 4. The molecule has 0 aliphatic carbocycles. The molecule has 0 bridgehead atoms. The number of esters is 1. The molecule has 0 aromatic carbocycles. The van der Waals surface area contributed by atoms with Crippen LogP contribution in [0, 0.1) is 5.92 Å². The zero-order valence-electron chi connectivity index (χ0n) is 12.1. The van der Waals surface area contributed by atoms with Crippen LogP contribution in [0.4, 0.5) is 0 Å². The standard InChI is InChI=1S/C10H18O2.C5H8O2/c1-3-5-6-7-8-9-10(11)12-4-2;1-3-4(2)5(6)7/h4H,2-3,5-9H2,1H3;3-4H,1H2,2H3,(H,6,7). The molecule has 0 aliphatic rings. The van der Waals surface area contributed by atoms with Crippen molar-refractivity contribution in [2.24, 2.45) is 5.92 Å². The predicted molar refractivity (Wildman–Crippen MR) is 76.7 cm³/mol. The molecule has 0 radical (unpaired) electrons. The maximum absolute atomic E-state index is 10.8. The van der Waals surface area contributed by atoms with Gasteiger partial charge >= 0.3 is 11.9 Å². The molecule has 1 unspecified atom stereocenters. The van der Waals surface area contributed by atoms with E-state index in [1.807, 2.05) is 0 Å². The van der Waals surface area contributed by atoms with Crippen molar-refractivity contribution in [1.82, 2.24) is 0 Å². The highest BCUT2D eigenvalue weighted by atomic mass is 16.5. The Morgan fingerprint density at radius 2 is 1.79 bits per heavy atom. The number of carboxylic acids is 1. The van der Waals surface area contributed by atoms with E-state index in [1.165, 1.54) is 31.6 Å². The van der Waals surface area contributed by atoms with Gasteiger partial charge < -0.3 is 9.84 Å². The summed E-state index contributed by atoms with van der Waals surface area (Å²) in [4.78, 5) is 20.6. The molecule has 19 heavy (non-hydrogen) atoms. The van der Waals surface area contributed by atoms with Crippen molar-refractivity contribution in [2.75, 3.05) is 0 Å². The molecule has 0 rings (SSSR count). The molecule has 1 atom stereocenters. The predicted octanol–water partition coefficient (Wildman–Crippen LogP) is 3.93. The Morgan fingerprint density at radius 1 is 1.21 bits per heavy atom. The molecule has 0 amide bonds. The van der Waals surface area contributed by atoms with E-state index in [-0.39, 0.29) is 5.97 Å². The van der Waals surface area contributed by atoms with E-state index in [4.69, 9.17) is 5.11 Å². The summed E-state index contributed by atoms with van der Waals surface area (Å²) in [6, 6.07) is 0. The molecular formula is C15H26O4. The minimum absolute atomic E-state index is 0.165. The van der Waals surface area contributed by atoms with Crippen LogP contribution in [-0.4, -0.2) is 17.0 Å². The second-order valence-electron chi connectivity index (χ2n) is 4.18. The number of carbonyl (C=O) groups excluding carboxylic acids is 1. The first-order valence-corrected chi connectivity index (χ1v) is 6.65. The Morgan fingerprint density at radius 3 is 2.16 bits per heavy atom. The average molecular weight is 270 g/mol. The van der Waals surface area contributed by atoms with Gasteiger partial charge in [-0.1, -0.05) is 45.3 Å². The summed E-state index contributed by atoms with van der Waals surface area (Å²) in [7, 11) is 0. The van der Waals surface area contributed by atoms with E-state index in [9.17, 15) is 9.59 Å². The van der Waals surface area contributed by atoms with Gasteiger partial charge in [-0.25, -0.2) is 0 Å². The fourth-order valence-electron chi connectivity index (χ4n) is 1.13. The first-order valence-electron chi connectivity index (χ1n) is 6.65. The lowest BCUT2D eigenvalue weighted by molar-refractivity contribution is -0.140. The highest BCUT2D eigenvalue weighted by molar-refractivity contribution is 5.71. The Labute approximate surface area is 116 Å². The van der Waals surface area contributed by atoms with Gasteiger partial charge in [-0.15, -0.1) is 6.58 Å². The summed E-state index contributed by atoms with van der Waals surface area (Å²) in [5.74, 6) is -1.41. The van der Waals surface area contributed by atoms with Crippen molar-refractivity contribution < 1.29 is 19.4 Å². The third-order valence-electron chi connectivity index (χ3n) is 2.44. The first kappa shape index (κ1) is 19.8. The number of rotatable bonds is 9. The van der Waals surface area contributed by atoms with E-state index in [2.05, 4.69) is 24.8 Å². The quantitative estimate of drug-likeness (QED) is 0.298. The molecule has 1 N–H and O–H groups in total. The third kappa shape index (κ3) is 16.4. The highest BCUT2D eigenvalue weighted by Gasteiger charge is 2.02. The van der Waals surface area contributed by atoms with Crippen molar-refractivity contribution in [3.05, 3.63) is 25.5 Å². The fraction of sp³-hybridized carbons (Fsp3) is 0.600. The minimum atomic E-state index is -0.824. The molecule has 0 heterocycles. The molecule has 4 heteroatoms. The topological polar surface area (TPSA) is 63.6 Å². The first-order chi connectivity index (χ1) is 8.99. The van der Waals surface area contributed by atoms with Crippen molar-refractivity contribution in [1.29, 1.82) is 0 Å². The average Bonchev–Trinajstić information content (AvgIpc) is 2.38. The summed E-state index contributed by atoms with van der Waals surface area (Å²) in [6.45, 7) is 10.4. The number of hydrogen-bond acceptors (Lipinski definition) is 3. The van der Waals surface area contributed by atoms with E-state index >= 15 is 0 Å². The second-order valence-corrected chi connectivity index (χ2v) is 4.18. The number of carbonyl (C=O) groups is 2. The van der Waals surface area contributed by atoms with Crippen LogP contribution in [-0.2, 0) is 14.3 Å². The number of ether oxygens (including phenoxy) is 1. The summed E-state index contributed by atoms with van der Waals surface area (Å²) in [5, 5.41) is 8.11. The molecule has 0 saturated heterocycles. The molecule has 4 nitrogen and oxygen atoms in total. The van der Waals surface area contributed by atoms with Crippen molar-refractivity contribution in [3.63, 3.8) is 0 Å². The third-order valence-corrected chi connectivity index (χ3v) is 2.44. The summed E-state index contributed by atoms with van der Waals surface area (Å²) in [5.41, 5.74) is 0. The lowest BCUT2D eigenvalue weighted by atomic mass is 10.1. The van der Waals surface area contributed by atoms with Crippen molar-refractivity contribution >= 4 is 11.9 Å². The van der Waals surface area contributed by atoms with Crippen LogP contribution in [0.5, 0.6) is 0 Å². The van der Waals surface area contributed by atoms with Gasteiger partial charge in [0, 0.05) is 6.42 Å². The van der Waals surface area contributed by atoms with Crippen molar-refractivity contribution in [2.45, 2.75) is 52.4 Å². The lowest BCUT2D eigenvalue weighted by Crippen LogP contribution is -2.04. The molecule has 0 saturated carbocycles. The van der Waals surface area contributed by atoms with Crippen LogP contribution >= 0.6 is 0 Å². The summed E-state index contributed by atoms with van der Waals surface area (Å²) < 4.78 is 4.57. The van der Waals surface area contributed by atoms with Crippen LogP contribution in [0.25, 0.3) is 0 Å². The Bertz CT molecular complexity index is 271. The zero-order chi connectivity index (χ0) is 15.1. The second kappa shape index (κ2) is 14.5. The molecule has 0 aromatic heterocycles. The van der Waals surface area contributed by atoms with E-state index in [0.29, 0.717) is 6.42 Å². The maximum Gasteiger partial charge on any atom is 0.310 e. The molecule has 0 aromatic rings. The largest absolute Gasteiger partial charge is 0.481 e. The monoisotopic (exact) mass is 270 g/mol. The van der Waals surface area contributed by atoms with Gasteiger partial charge in [-0.05, 0) is 13.3 Å². The van der Waals surface area contributed by atoms with Crippen LogP contribution in [0.15, 0.2) is 25.5 Å². The van der Waals surface area contributed by atoms with Crippen LogP contribution in [0.3, 0.4) is 0 Å². The van der Waals surface area contributed by atoms with Gasteiger partial charge in [-0.2, -0.15) is 0 Å².